The summed E-state index contributed by atoms with van der Waals surface area (Å²) in [4.78, 5) is 14.5. The third kappa shape index (κ3) is 4.19. The van der Waals surface area contributed by atoms with Gasteiger partial charge in [0, 0.05) is 31.8 Å². The zero-order chi connectivity index (χ0) is 15.1. The van der Waals surface area contributed by atoms with Gasteiger partial charge >= 0.3 is 0 Å². The summed E-state index contributed by atoms with van der Waals surface area (Å²) in [5, 5.41) is 0. The molecule has 0 bridgehead atoms. The van der Waals surface area contributed by atoms with Crippen LogP contribution in [0.4, 0.5) is 0 Å². The SMILES string of the molecule is COCCOc1ccc(C(=O)N2CCCCC2CN)cc1. The molecular weight excluding hydrogens is 268 g/mol. The molecule has 0 saturated carbocycles. The molecule has 1 unspecified atom stereocenters. The molecule has 2 N–H and O–H groups in total. The molecule has 1 aliphatic rings. The lowest BCUT2D eigenvalue weighted by Gasteiger charge is -2.35. The lowest BCUT2D eigenvalue weighted by atomic mass is 10.0. The minimum atomic E-state index is 0.0635. The average molecular weight is 292 g/mol. The Balaban J connectivity index is 1.98. The molecule has 116 valence electrons. The normalized spacial score (nSPS) is 18.6. The molecule has 0 radical (unpaired) electrons. The molecule has 0 aliphatic carbocycles. The van der Waals surface area contributed by atoms with E-state index in [0.717, 1.165) is 31.6 Å². The first-order chi connectivity index (χ1) is 10.3. The zero-order valence-corrected chi connectivity index (χ0v) is 12.6. The van der Waals surface area contributed by atoms with Gasteiger partial charge in [-0.2, -0.15) is 0 Å². The van der Waals surface area contributed by atoms with E-state index in [0.29, 0.717) is 25.3 Å². The first-order valence-corrected chi connectivity index (χ1v) is 7.49. The van der Waals surface area contributed by atoms with Gasteiger partial charge in [-0.15, -0.1) is 0 Å². The van der Waals surface area contributed by atoms with Gasteiger partial charge in [0.15, 0.2) is 0 Å². The Morgan fingerprint density at radius 1 is 1.29 bits per heavy atom. The topological polar surface area (TPSA) is 64.8 Å². The maximum Gasteiger partial charge on any atom is 0.254 e. The van der Waals surface area contributed by atoms with Gasteiger partial charge in [-0.05, 0) is 43.5 Å². The number of carbonyl (C=O) groups is 1. The number of likely N-dealkylation sites (tertiary alicyclic amines) is 1. The van der Waals surface area contributed by atoms with Crippen molar-refractivity contribution in [3.8, 4) is 5.75 Å². The molecule has 1 fully saturated rings. The molecule has 1 saturated heterocycles. The molecule has 1 aromatic rings. The van der Waals surface area contributed by atoms with Crippen LogP contribution >= 0.6 is 0 Å². The van der Waals surface area contributed by atoms with Gasteiger partial charge < -0.3 is 20.1 Å². The van der Waals surface area contributed by atoms with Crippen molar-refractivity contribution in [1.82, 2.24) is 4.90 Å². The van der Waals surface area contributed by atoms with E-state index in [4.69, 9.17) is 15.2 Å². The largest absolute Gasteiger partial charge is 0.491 e. The maximum absolute atomic E-state index is 12.6. The highest BCUT2D eigenvalue weighted by molar-refractivity contribution is 5.94. The maximum atomic E-state index is 12.6. The van der Waals surface area contributed by atoms with E-state index in [1.807, 2.05) is 29.2 Å². The predicted molar refractivity (Wildman–Crippen MR) is 81.5 cm³/mol. The van der Waals surface area contributed by atoms with Crippen molar-refractivity contribution in [2.75, 3.05) is 33.4 Å². The van der Waals surface area contributed by atoms with E-state index in [1.165, 1.54) is 0 Å². The van der Waals surface area contributed by atoms with Crippen LogP contribution in [0.3, 0.4) is 0 Å². The van der Waals surface area contributed by atoms with E-state index in [2.05, 4.69) is 0 Å². The van der Waals surface area contributed by atoms with Gasteiger partial charge in [-0.3, -0.25) is 4.79 Å². The summed E-state index contributed by atoms with van der Waals surface area (Å²) in [5.74, 6) is 0.811. The number of nitrogens with zero attached hydrogens (tertiary/aromatic N) is 1. The summed E-state index contributed by atoms with van der Waals surface area (Å²) >= 11 is 0. The molecule has 1 aromatic carbocycles. The van der Waals surface area contributed by atoms with E-state index in [-0.39, 0.29) is 11.9 Å². The van der Waals surface area contributed by atoms with E-state index in [9.17, 15) is 4.79 Å². The summed E-state index contributed by atoms with van der Waals surface area (Å²) in [6, 6.07) is 7.44. The molecule has 1 aliphatic heterocycles. The zero-order valence-electron chi connectivity index (χ0n) is 12.6. The van der Waals surface area contributed by atoms with Crippen molar-refractivity contribution >= 4 is 5.91 Å². The number of nitrogens with two attached hydrogens (primary N) is 1. The number of carbonyl (C=O) groups excluding carboxylic acids is 1. The number of amides is 1. The third-order valence-electron chi connectivity index (χ3n) is 3.82. The molecule has 21 heavy (non-hydrogen) atoms. The van der Waals surface area contributed by atoms with Crippen LogP contribution in [0.2, 0.25) is 0 Å². The summed E-state index contributed by atoms with van der Waals surface area (Å²) in [6.45, 7) is 2.38. The minimum absolute atomic E-state index is 0.0635. The lowest BCUT2D eigenvalue weighted by Crippen LogP contribution is -2.47. The second-order valence-corrected chi connectivity index (χ2v) is 5.25. The molecule has 2 rings (SSSR count). The molecule has 0 aromatic heterocycles. The van der Waals surface area contributed by atoms with Crippen LogP contribution in [0.1, 0.15) is 29.6 Å². The number of hydrogen-bond acceptors (Lipinski definition) is 4. The molecule has 1 atom stereocenters. The number of piperidine rings is 1. The fourth-order valence-corrected chi connectivity index (χ4v) is 2.62. The fourth-order valence-electron chi connectivity index (χ4n) is 2.62. The third-order valence-corrected chi connectivity index (χ3v) is 3.82. The van der Waals surface area contributed by atoms with Gasteiger partial charge in [0.05, 0.1) is 6.61 Å². The van der Waals surface area contributed by atoms with Crippen molar-refractivity contribution < 1.29 is 14.3 Å². The Labute approximate surface area is 126 Å². The minimum Gasteiger partial charge on any atom is -0.491 e. The second kappa shape index (κ2) is 8.00. The van der Waals surface area contributed by atoms with Crippen LogP contribution in [0.5, 0.6) is 5.75 Å². The molecule has 5 nitrogen and oxygen atoms in total. The Morgan fingerprint density at radius 3 is 2.71 bits per heavy atom. The monoisotopic (exact) mass is 292 g/mol. The van der Waals surface area contributed by atoms with Gasteiger partial charge in [-0.1, -0.05) is 0 Å². The smallest absolute Gasteiger partial charge is 0.254 e. The average Bonchev–Trinajstić information content (AvgIpc) is 2.55. The van der Waals surface area contributed by atoms with E-state index < -0.39 is 0 Å². The highest BCUT2D eigenvalue weighted by atomic mass is 16.5. The summed E-state index contributed by atoms with van der Waals surface area (Å²) < 4.78 is 10.4. The van der Waals surface area contributed by atoms with Crippen LogP contribution in [0.15, 0.2) is 24.3 Å². The number of rotatable bonds is 6. The first kappa shape index (κ1) is 15.8. The Hall–Kier alpha value is -1.59. The van der Waals surface area contributed by atoms with Crippen molar-refractivity contribution in [3.05, 3.63) is 29.8 Å². The van der Waals surface area contributed by atoms with Crippen LogP contribution in [-0.4, -0.2) is 50.3 Å². The fraction of sp³-hybridized carbons (Fsp3) is 0.562. The van der Waals surface area contributed by atoms with E-state index in [1.54, 1.807) is 7.11 Å². The van der Waals surface area contributed by atoms with Crippen molar-refractivity contribution in [2.45, 2.75) is 25.3 Å². The molecule has 0 spiro atoms. The summed E-state index contributed by atoms with van der Waals surface area (Å²) in [7, 11) is 1.64. The highest BCUT2D eigenvalue weighted by Crippen LogP contribution is 2.20. The van der Waals surface area contributed by atoms with Gasteiger partial charge in [0.1, 0.15) is 12.4 Å². The number of methoxy groups -OCH3 is 1. The molecule has 1 heterocycles. The van der Waals surface area contributed by atoms with E-state index >= 15 is 0 Å². The quantitative estimate of drug-likeness (QED) is 0.810. The number of ether oxygens (including phenoxy) is 2. The number of benzene rings is 1. The van der Waals surface area contributed by atoms with Crippen molar-refractivity contribution in [1.29, 1.82) is 0 Å². The Bertz CT molecular complexity index is 447. The molecular formula is C16H24N2O3. The van der Waals surface area contributed by atoms with Crippen LogP contribution in [-0.2, 0) is 4.74 Å². The van der Waals surface area contributed by atoms with Crippen molar-refractivity contribution in [2.24, 2.45) is 5.73 Å². The van der Waals surface area contributed by atoms with Crippen LogP contribution in [0, 0.1) is 0 Å². The van der Waals surface area contributed by atoms with Gasteiger partial charge in [0.25, 0.3) is 5.91 Å². The lowest BCUT2D eigenvalue weighted by molar-refractivity contribution is 0.0623. The molecule has 1 amide bonds. The van der Waals surface area contributed by atoms with Crippen molar-refractivity contribution in [3.63, 3.8) is 0 Å². The summed E-state index contributed by atoms with van der Waals surface area (Å²) in [6.07, 6.45) is 3.21. The first-order valence-electron chi connectivity index (χ1n) is 7.49. The predicted octanol–water partition coefficient (Wildman–Crippen LogP) is 1.67. The van der Waals surface area contributed by atoms with Gasteiger partial charge in [0.2, 0.25) is 0 Å². The second-order valence-electron chi connectivity index (χ2n) is 5.25. The number of hydrogen-bond donors (Lipinski definition) is 1. The Morgan fingerprint density at radius 2 is 2.05 bits per heavy atom. The standard InChI is InChI=1S/C16H24N2O3/c1-20-10-11-21-15-7-5-13(6-8-15)16(19)18-9-3-2-4-14(18)12-17/h5-8,14H,2-4,9-12,17H2,1H3. The summed E-state index contributed by atoms with van der Waals surface area (Å²) in [5.41, 5.74) is 6.47. The molecule has 5 heteroatoms. The van der Waals surface area contributed by atoms with Crippen LogP contribution in [0.25, 0.3) is 0 Å². The Kier molecular flexibility index (Phi) is 6.02. The van der Waals surface area contributed by atoms with Crippen LogP contribution < -0.4 is 10.5 Å². The van der Waals surface area contributed by atoms with Gasteiger partial charge in [-0.25, -0.2) is 0 Å². The highest BCUT2D eigenvalue weighted by Gasteiger charge is 2.26.